The lowest BCUT2D eigenvalue weighted by Crippen LogP contribution is -2.48. The number of nitrogens with zero attached hydrogens (tertiary/aromatic N) is 5. The summed E-state index contributed by atoms with van der Waals surface area (Å²) in [5.74, 6) is 0.246. The Morgan fingerprint density at radius 3 is 2.85 bits per heavy atom. The van der Waals surface area contributed by atoms with Crippen LogP contribution in [0.4, 0.5) is 11.4 Å². The van der Waals surface area contributed by atoms with Gasteiger partial charge in [-0.3, -0.25) is 9.78 Å². The van der Waals surface area contributed by atoms with Crippen LogP contribution >= 0.6 is 11.3 Å². The standard InChI is InChI=1S/C23H23BN6O2S/c1-32-24-30-12-10-29(11-13-30)20-6-8-25-15-19(20)28-23(31)18-5-9-26-22(27-18)17-3-2-4-21-16(17)7-14-33-21/h2-9,14-15,24H,10-13H2,1H3,(H,28,31). The molecule has 0 bridgehead atoms. The van der Waals surface area contributed by atoms with Crippen LogP contribution in [0.1, 0.15) is 10.5 Å². The van der Waals surface area contributed by atoms with E-state index in [9.17, 15) is 4.79 Å². The van der Waals surface area contributed by atoms with E-state index in [1.165, 1.54) is 0 Å². The fourth-order valence-corrected chi connectivity index (χ4v) is 4.86. The Bertz CT molecular complexity index is 1270. The fourth-order valence-electron chi connectivity index (χ4n) is 4.05. The predicted molar refractivity (Wildman–Crippen MR) is 133 cm³/mol. The highest BCUT2D eigenvalue weighted by Gasteiger charge is 2.21. The van der Waals surface area contributed by atoms with Crippen LogP contribution in [0.25, 0.3) is 21.5 Å². The molecule has 5 rings (SSSR count). The van der Waals surface area contributed by atoms with Crippen molar-refractivity contribution in [2.24, 2.45) is 0 Å². The van der Waals surface area contributed by atoms with Crippen molar-refractivity contribution >= 4 is 46.3 Å². The Morgan fingerprint density at radius 1 is 1.12 bits per heavy atom. The van der Waals surface area contributed by atoms with Gasteiger partial charge in [0.1, 0.15) is 5.69 Å². The molecule has 1 amide bonds. The minimum absolute atomic E-state index is 0.289. The maximum absolute atomic E-state index is 13.1. The van der Waals surface area contributed by atoms with E-state index >= 15 is 0 Å². The Kier molecular flexibility index (Phi) is 6.29. The molecule has 3 aromatic heterocycles. The van der Waals surface area contributed by atoms with Gasteiger partial charge in [-0.05, 0) is 29.6 Å². The molecule has 4 heterocycles. The van der Waals surface area contributed by atoms with E-state index in [1.807, 2.05) is 23.6 Å². The fraction of sp³-hybridized carbons (Fsp3) is 0.217. The van der Waals surface area contributed by atoms with Gasteiger partial charge < -0.3 is 19.7 Å². The summed E-state index contributed by atoms with van der Waals surface area (Å²) in [6.07, 6.45) is 5.06. The molecule has 0 spiro atoms. The van der Waals surface area contributed by atoms with E-state index in [-0.39, 0.29) is 5.91 Å². The van der Waals surface area contributed by atoms with Gasteiger partial charge in [0.25, 0.3) is 5.91 Å². The number of pyridine rings is 1. The highest BCUT2D eigenvalue weighted by atomic mass is 32.1. The van der Waals surface area contributed by atoms with Crippen molar-refractivity contribution < 1.29 is 9.45 Å². The minimum atomic E-state index is -0.289. The molecule has 1 aromatic carbocycles. The molecule has 8 nitrogen and oxygen atoms in total. The molecule has 1 aliphatic heterocycles. The van der Waals surface area contributed by atoms with Crippen LogP contribution in [0.3, 0.4) is 0 Å². The number of anilines is 2. The van der Waals surface area contributed by atoms with Crippen LogP contribution in [0.5, 0.6) is 0 Å². The van der Waals surface area contributed by atoms with Gasteiger partial charge in [0.2, 0.25) is 0 Å². The van der Waals surface area contributed by atoms with E-state index in [1.54, 1.807) is 43.1 Å². The first-order valence-corrected chi connectivity index (χ1v) is 11.6. The Balaban J connectivity index is 1.36. The van der Waals surface area contributed by atoms with Crippen molar-refractivity contribution in [2.45, 2.75) is 0 Å². The first-order chi connectivity index (χ1) is 16.2. The summed E-state index contributed by atoms with van der Waals surface area (Å²) in [5.41, 5.74) is 2.85. The third kappa shape index (κ3) is 4.59. The van der Waals surface area contributed by atoms with E-state index in [0.717, 1.165) is 47.5 Å². The number of nitrogens with one attached hydrogen (secondary N) is 1. The summed E-state index contributed by atoms with van der Waals surface area (Å²) in [7, 11) is 2.34. The summed E-state index contributed by atoms with van der Waals surface area (Å²) in [5, 5.41) is 6.13. The number of carbonyl (C=O) groups excluding carboxylic acids is 1. The van der Waals surface area contributed by atoms with Crippen molar-refractivity contribution in [3.05, 3.63) is 66.1 Å². The van der Waals surface area contributed by atoms with Crippen LogP contribution in [-0.2, 0) is 4.65 Å². The van der Waals surface area contributed by atoms with E-state index < -0.39 is 0 Å². The zero-order chi connectivity index (χ0) is 22.6. The van der Waals surface area contributed by atoms with Crippen LogP contribution < -0.4 is 10.2 Å². The van der Waals surface area contributed by atoms with Gasteiger partial charge in [0.15, 0.2) is 5.82 Å². The van der Waals surface area contributed by atoms with Gasteiger partial charge in [-0.2, -0.15) is 0 Å². The van der Waals surface area contributed by atoms with E-state index in [2.05, 4.69) is 42.1 Å². The number of hydrogen-bond donors (Lipinski definition) is 1. The number of amides is 1. The molecule has 1 fully saturated rings. The highest BCUT2D eigenvalue weighted by Crippen LogP contribution is 2.30. The van der Waals surface area contributed by atoms with Crippen LogP contribution in [0.2, 0.25) is 0 Å². The number of carbonyl (C=O) groups is 1. The summed E-state index contributed by atoms with van der Waals surface area (Å²) in [4.78, 5) is 30.8. The molecule has 33 heavy (non-hydrogen) atoms. The summed E-state index contributed by atoms with van der Waals surface area (Å²) < 4.78 is 6.40. The van der Waals surface area contributed by atoms with Gasteiger partial charge in [-0.1, -0.05) is 12.1 Å². The van der Waals surface area contributed by atoms with Gasteiger partial charge in [0.05, 0.1) is 17.6 Å². The second-order valence-electron chi connectivity index (χ2n) is 7.77. The maximum Gasteiger partial charge on any atom is 0.363 e. The monoisotopic (exact) mass is 458 g/mol. The number of rotatable bonds is 6. The third-order valence-electron chi connectivity index (χ3n) is 5.70. The Labute approximate surface area is 196 Å². The van der Waals surface area contributed by atoms with Crippen molar-refractivity contribution in [3.63, 3.8) is 0 Å². The molecule has 166 valence electrons. The molecule has 0 radical (unpaired) electrons. The molecule has 0 saturated carbocycles. The largest absolute Gasteiger partial charge is 0.427 e. The summed E-state index contributed by atoms with van der Waals surface area (Å²) in [6, 6.07) is 11.7. The lowest BCUT2D eigenvalue weighted by molar-refractivity contribution is 0.102. The molecule has 0 unspecified atom stereocenters. The number of piperazine rings is 1. The predicted octanol–water partition coefficient (Wildman–Crippen LogP) is 3.04. The number of fused-ring (bicyclic) bond motifs is 1. The van der Waals surface area contributed by atoms with E-state index in [0.29, 0.717) is 24.8 Å². The lowest BCUT2D eigenvalue weighted by atomic mass is 10.1. The third-order valence-corrected chi connectivity index (χ3v) is 6.58. The number of thiophene rings is 1. The van der Waals surface area contributed by atoms with Crippen molar-refractivity contribution in [3.8, 4) is 11.4 Å². The van der Waals surface area contributed by atoms with Crippen LogP contribution in [0, 0.1) is 0 Å². The SMILES string of the molecule is COBN1CCN(c2ccncc2NC(=O)c2ccnc(-c3cccc4sccc34)n2)CC1. The highest BCUT2D eigenvalue weighted by molar-refractivity contribution is 7.17. The molecule has 1 aliphatic rings. The molecule has 0 atom stereocenters. The first-order valence-electron chi connectivity index (χ1n) is 10.7. The van der Waals surface area contributed by atoms with Crippen molar-refractivity contribution in [1.29, 1.82) is 0 Å². The minimum Gasteiger partial charge on any atom is -0.427 e. The lowest BCUT2D eigenvalue weighted by Gasteiger charge is -2.36. The zero-order valence-corrected chi connectivity index (χ0v) is 19.1. The van der Waals surface area contributed by atoms with Crippen LogP contribution in [0.15, 0.2) is 60.4 Å². The molecular weight excluding hydrogens is 435 g/mol. The van der Waals surface area contributed by atoms with E-state index in [4.69, 9.17) is 4.65 Å². The molecule has 0 aliphatic carbocycles. The Hall–Kier alpha value is -3.34. The zero-order valence-electron chi connectivity index (χ0n) is 18.3. The second-order valence-corrected chi connectivity index (χ2v) is 8.72. The summed E-state index contributed by atoms with van der Waals surface area (Å²) >= 11 is 1.67. The van der Waals surface area contributed by atoms with Crippen molar-refractivity contribution in [1.82, 2.24) is 19.8 Å². The topological polar surface area (TPSA) is 83.5 Å². The van der Waals surface area contributed by atoms with Gasteiger partial charge >= 0.3 is 7.62 Å². The van der Waals surface area contributed by atoms with Crippen LogP contribution in [-0.4, -0.2) is 66.6 Å². The number of aromatic nitrogens is 3. The number of benzene rings is 1. The normalized spacial score (nSPS) is 14.4. The van der Waals surface area contributed by atoms with Gasteiger partial charge in [-0.15, -0.1) is 11.3 Å². The average molecular weight is 458 g/mol. The van der Waals surface area contributed by atoms with Gasteiger partial charge in [0, 0.05) is 61.3 Å². The first kappa shape index (κ1) is 21.5. The van der Waals surface area contributed by atoms with Gasteiger partial charge in [-0.25, -0.2) is 9.97 Å². The molecule has 10 heteroatoms. The quantitative estimate of drug-likeness (QED) is 0.445. The molecule has 1 saturated heterocycles. The maximum atomic E-state index is 13.1. The molecule has 1 N–H and O–H groups in total. The van der Waals surface area contributed by atoms with Crippen molar-refractivity contribution in [2.75, 3.05) is 43.5 Å². The second kappa shape index (κ2) is 9.66. The molecule has 4 aromatic rings. The Morgan fingerprint density at radius 2 is 2.00 bits per heavy atom. The summed E-state index contributed by atoms with van der Waals surface area (Å²) in [6.45, 7) is 3.48. The molecular formula is C23H23BN6O2S. The smallest absolute Gasteiger partial charge is 0.363 e. The number of hydrogen-bond acceptors (Lipinski definition) is 8. The average Bonchev–Trinajstić information content (AvgIpc) is 3.34.